The van der Waals surface area contributed by atoms with Crippen molar-refractivity contribution in [2.75, 3.05) is 14.2 Å². The topological polar surface area (TPSA) is 79.2 Å². The second-order valence-corrected chi connectivity index (χ2v) is 3.78. The Bertz CT molecular complexity index is 513. The van der Waals surface area contributed by atoms with Crippen molar-refractivity contribution in [2.45, 2.75) is 0 Å². The molecule has 0 unspecified atom stereocenters. The first kappa shape index (κ1) is 16.0. The minimum Gasteiger partial charge on any atom is -0.497 e. The molecule has 0 atom stereocenters. The number of benzene rings is 2. The molecule has 0 aliphatic carbocycles. The fraction of sp³-hybridized carbons (Fsp3) is 0.143. The molecule has 2 aromatic carbocycles. The summed E-state index contributed by atoms with van der Waals surface area (Å²) >= 11 is 0. The van der Waals surface area contributed by atoms with Gasteiger partial charge >= 0.3 is 7.32 Å². The molecule has 106 valence electrons. The predicted molar refractivity (Wildman–Crippen MR) is 77.4 cm³/mol. The maximum Gasteiger partial charge on any atom is 0.631 e. The zero-order valence-electron chi connectivity index (χ0n) is 11.4. The molecule has 0 aliphatic rings. The standard InChI is InChI=1S/C14H14O2.BH3O3/c1-15-12-8-9-13(14(10-12)16-2)11-6-4-3-5-7-11;2-1(3)4/h3-10H,1-2H3;2-4H. The van der Waals surface area contributed by atoms with E-state index in [0.717, 1.165) is 22.6 Å². The summed E-state index contributed by atoms with van der Waals surface area (Å²) in [6.07, 6.45) is 0. The van der Waals surface area contributed by atoms with Gasteiger partial charge in [0.15, 0.2) is 0 Å². The van der Waals surface area contributed by atoms with Crippen LogP contribution >= 0.6 is 0 Å². The molecule has 2 rings (SSSR count). The number of hydrogen-bond donors (Lipinski definition) is 3. The van der Waals surface area contributed by atoms with E-state index >= 15 is 0 Å². The van der Waals surface area contributed by atoms with Crippen LogP contribution in [0.5, 0.6) is 11.5 Å². The lowest BCUT2D eigenvalue weighted by Crippen LogP contribution is -2.07. The van der Waals surface area contributed by atoms with Gasteiger partial charge in [0.25, 0.3) is 0 Å². The van der Waals surface area contributed by atoms with Gasteiger partial charge < -0.3 is 24.5 Å². The van der Waals surface area contributed by atoms with Gasteiger partial charge in [-0.1, -0.05) is 30.3 Å². The SMILES string of the molecule is COc1ccc(-c2ccccc2)c(OC)c1.OB(O)O. The molecule has 0 aromatic heterocycles. The molecule has 0 radical (unpaired) electrons. The van der Waals surface area contributed by atoms with Crippen molar-refractivity contribution < 1.29 is 24.5 Å². The summed E-state index contributed by atoms with van der Waals surface area (Å²) in [4.78, 5) is 0. The smallest absolute Gasteiger partial charge is 0.497 e. The highest BCUT2D eigenvalue weighted by atomic mass is 16.5. The lowest BCUT2D eigenvalue weighted by Gasteiger charge is -2.10. The van der Waals surface area contributed by atoms with E-state index in [9.17, 15) is 0 Å². The van der Waals surface area contributed by atoms with Gasteiger partial charge in [-0.15, -0.1) is 0 Å². The summed E-state index contributed by atoms with van der Waals surface area (Å²) in [5, 5.41) is 21.5. The highest BCUT2D eigenvalue weighted by Gasteiger charge is 2.06. The summed E-state index contributed by atoms with van der Waals surface area (Å²) < 4.78 is 10.5. The number of rotatable bonds is 3. The molecule has 0 saturated carbocycles. The average Bonchev–Trinajstić information content (AvgIpc) is 2.47. The van der Waals surface area contributed by atoms with E-state index in [-0.39, 0.29) is 0 Å². The first-order chi connectivity index (χ1) is 9.58. The molecule has 20 heavy (non-hydrogen) atoms. The molecule has 0 spiro atoms. The van der Waals surface area contributed by atoms with Crippen LogP contribution in [0.1, 0.15) is 0 Å². The number of hydrogen-bond acceptors (Lipinski definition) is 5. The maximum atomic E-state index is 7.17. The second-order valence-electron chi connectivity index (χ2n) is 3.78. The first-order valence-corrected chi connectivity index (χ1v) is 5.90. The van der Waals surface area contributed by atoms with Gasteiger partial charge in [-0.2, -0.15) is 0 Å². The van der Waals surface area contributed by atoms with E-state index < -0.39 is 7.32 Å². The zero-order chi connectivity index (χ0) is 15.0. The Labute approximate surface area is 118 Å². The molecule has 0 saturated heterocycles. The van der Waals surface area contributed by atoms with Crippen molar-refractivity contribution in [1.82, 2.24) is 0 Å². The fourth-order valence-electron chi connectivity index (χ4n) is 1.65. The zero-order valence-corrected chi connectivity index (χ0v) is 11.4. The Hall–Kier alpha value is -2.02. The van der Waals surface area contributed by atoms with Gasteiger partial charge in [-0.05, 0) is 17.7 Å². The molecule has 3 N–H and O–H groups in total. The summed E-state index contributed by atoms with van der Waals surface area (Å²) in [7, 11) is 1.15. The lowest BCUT2D eigenvalue weighted by atomic mass is 10.0. The molecule has 6 heteroatoms. The summed E-state index contributed by atoms with van der Waals surface area (Å²) in [5.74, 6) is 1.63. The van der Waals surface area contributed by atoms with Crippen LogP contribution in [0.25, 0.3) is 11.1 Å². The van der Waals surface area contributed by atoms with Gasteiger partial charge in [0, 0.05) is 11.6 Å². The number of ether oxygens (including phenoxy) is 2. The summed E-state index contributed by atoms with van der Waals surface area (Å²) in [5.41, 5.74) is 2.21. The van der Waals surface area contributed by atoms with E-state index in [1.807, 2.05) is 36.4 Å². The van der Waals surface area contributed by atoms with Crippen LogP contribution in [0.15, 0.2) is 48.5 Å². The molecule has 0 fully saturated rings. The van der Waals surface area contributed by atoms with Crippen LogP contribution in [0, 0.1) is 0 Å². The minimum atomic E-state index is -2.17. The maximum absolute atomic E-state index is 7.17. The van der Waals surface area contributed by atoms with Crippen molar-refractivity contribution in [3.05, 3.63) is 48.5 Å². The third kappa shape index (κ3) is 4.93. The van der Waals surface area contributed by atoms with Crippen molar-refractivity contribution >= 4 is 7.32 Å². The monoisotopic (exact) mass is 276 g/mol. The molecule has 0 bridgehead atoms. The highest BCUT2D eigenvalue weighted by Crippen LogP contribution is 2.32. The number of methoxy groups -OCH3 is 2. The Balaban J connectivity index is 0.000000444. The quantitative estimate of drug-likeness (QED) is 0.737. The van der Waals surface area contributed by atoms with E-state index in [1.165, 1.54) is 0 Å². The van der Waals surface area contributed by atoms with E-state index in [1.54, 1.807) is 14.2 Å². The largest absolute Gasteiger partial charge is 0.631 e. The predicted octanol–water partition coefficient (Wildman–Crippen LogP) is 1.32. The van der Waals surface area contributed by atoms with E-state index in [4.69, 9.17) is 24.5 Å². The van der Waals surface area contributed by atoms with Crippen LogP contribution in [0.3, 0.4) is 0 Å². The average molecular weight is 276 g/mol. The fourth-order valence-corrected chi connectivity index (χ4v) is 1.65. The summed E-state index contributed by atoms with van der Waals surface area (Å²) in [6, 6.07) is 16.0. The molecular formula is C14H17BO5. The summed E-state index contributed by atoms with van der Waals surface area (Å²) in [6.45, 7) is 0. The van der Waals surface area contributed by atoms with Gasteiger partial charge in [-0.3, -0.25) is 0 Å². The lowest BCUT2D eigenvalue weighted by molar-refractivity contribution is 0.278. The van der Waals surface area contributed by atoms with Crippen molar-refractivity contribution in [2.24, 2.45) is 0 Å². The molecule has 0 heterocycles. The van der Waals surface area contributed by atoms with Crippen molar-refractivity contribution in [1.29, 1.82) is 0 Å². The molecular weight excluding hydrogens is 259 g/mol. The van der Waals surface area contributed by atoms with Crippen molar-refractivity contribution in [3.8, 4) is 22.6 Å². The van der Waals surface area contributed by atoms with Crippen LogP contribution in [0.2, 0.25) is 0 Å². The minimum absolute atomic E-state index is 0.802. The molecule has 2 aromatic rings. The Kier molecular flexibility index (Phi) is 6.59. The van der Waals surface area contributed by atoms with Crippen LogP contribution in [-0.4, -0.2) is 36.6 Å². The van der Waals surface area contributed by atoms with Gasteiger partial charge in [-0.25, -0.2) is 0 Å². The highest BCUT2D eigenvalue weighted by molar-refractivity contribution is 6.30. The molecule has 5 nitrogen and oxygen atoms in total. The molecule has 0 amide bonds. The Morgan fingerprint density at radius 1 is 0.850 bits per heavy atom. The van der Waals surface area contributed by atoms with E-state index in [0.29, 0.717) is 0 Å². The molecule has 0 aliphatic heterocycles. The Morgan fingerprint density at radius 2 is 1.45 bits per heavy atom. The second kappa shape index (κ2) is 8.21. The Morgan fingerprint density at radius 3 is 1.95 bits per heavy atom. The van der Waals surface area contributed by atoms with Gasteiger partial charge in [0.2, 0.25) is 0 Å². The van der Waals surface area contributed by atoms with E-state index in [2.05, 4.69) is 12.1 Å². The van der Waals surface area contributed by atoms with Crippen molar-refractivity contribution in [3.63, 3.8) is 0 Å². The first-order valence-electron chi connectivity index (χ1n) is 5.90. The van der Waals surface area contributed by atoms with Crippen LogP contribution in [0.4, 0.5) is 0 Å². The van der Waals surface area contributed by atoms with Crippen LogP contribution < -0.4 is 9.47 Å². The normalized spacial score (nSPS) is 9.25. The van der Waals surface area contributed by atoms with Gasteiger partial charge in [0.1, 0.15) is 11.5 Å². The third-order valence-electron chi connectivity index (χ3n) is 2.49. The van der Waals surface area contributed by atoms with Crippen LogP contribution in [-0.2, 0) is 0 Å². The third-order valence-corrected chi connectivity index (χ3v) is 2.49. The van der Waals surface area contributed by atoms with Gasteiger partial charge in [0.05, 0.1) is 14.2 Å².